The summed E-state index contributed by atoms with van der Waals surface area (Å²) in [6.07, 6.45) is 7.63. The van der Waals surface area contributed by atoms with Gasteiger partial charge in [0.1, 0.15) is 28.7 Å². The Balaban J connectivity index is 1.51. The van der Waals surface area contributed by atoms with E-state index in [9.17, 15) is 4.39 Å². The number of nitrogens with zero attached hydrogens (tertiary/aromatic N) is 2. The lowest BCUT2D eigenvalue weighted by molar-refractivity contribution is 0.486. The molecule has 2 aliphatic rings. The van der Waals surface area contributed by atoms with E-state index in [0.717, 1.165) is 74.2 Å². The number of halogens is 2. The van der Waals surface area contributed by atoms with E-state index in [0.29, 0.717) is 30.0 Å². The van der Waals surface area contributed by atoms with Crippen LogP contribution in [0.4, 0.5) is 14.5 Å². The first kappa shape index (κ1) is 26.1. The topological polar surface area (TPSA) is 38.5 Å². The molecule has 40 heavy (non-hydrogen) atoms. The van der Waals surface area contributed by atoms with E-state index < -0.39 is 0 Å². The largest absolute Gasteiger partial charge is 0.456 e. The molecular weight excluding hydrogens is 506 g/mol. The zero-order chi connectivity index (χ0) is 28.1. The summed E-state index contributed by atoms with van der Waals surface area (Å²) in [5.74, 6) is 1.60. The Kier molecular flexibility index (Phi) is 6.57. The third kappa shape index (κ3) is 4.51. The molecule has 0 saturated carbocycles. The van der Waals surface area contributed by atoms with Crippen molar-refractivity contribution in [2.75, 3.05) is 19.0 Å². The number of benzene rings is 2. The van der Waals surface area contributed by atoms with Crippen LogP contribution in [0.2, 0.25) is 0 Å². The van der Waals surface area contributed by atoms with Crippen LogP contribution in [0.3, 0.4) is 0 Å². The third-order valence-corrected chi connectivity index (χ3v) is 8.03. The fourth-order valence-corrected chi connectivity index (χ4v) is 5.64. The Hall–Kier alpha value is -4.19. The zero-order valence-electron chi connectivity index (χ0n) is 23.5. The highest BCUT2D eigenvalue weighted by Gasteiger charge is 2.24. The van der Waals surface area contributed by atoms with Crippen LogP contribution in [0, 0.1) is 19.7 Å². The molecule has 0 radical (unpaired) electrons. The maximum atomic E-state index is 15.6. The molecule has 6 rings (SSSR count). The number of fused-ring (bicyclic) bond motifs is 2. The van der Waals surface area contributed by atoms with E-state index in [1.807, 2.05) is 57.1 Å². The van der Waals surface area contributed by atoms with Crippen molar-refractivity contribution in [1.82, 2.24) is 4.98 Å². The third-order valence-electron chi connectivity index (χ3n) is 8.03. The van der Waals surface area contributed by atoms with Gasteiger partial charge in [0.05, 0.1) is 0 Å². The van der Waals surface area contributed by atoms with Gasteiger partial charge in [-0.1, -0.05) is 12.1 Å². The highest BCUT2D eigenvalue weighted by Crippen LogP contribution is 2.42. The fraction of sp³-hybridized carbons (Fsp3) is 0.265. The predicted octanol–water partition coefficient (Wildman–Crippen LogP) is 9.10. The molecule has 204 valence electrons. The second-order valence-electron chi connectivity index (χ2n) is 10.9. The molecule has 0 atom stereocenters. The summed E-state index contributed by atoms with van der Waals surface area (Å²) < 4.78 is 42.0. The van der Waals surface area contributed by atoms with Gasteiger partial charge in [-0.2, -0.15) is 0 Å². The van der Waals surface area contributed by atoms with Gasteiger partial charge in [0.2, 0.25) is 5.88 Å². The normalized spacial score (nSPS) is 15.4. The molecule has 1 aliphatic heterocycles. The van der Waals surface area contributed by atoms with Crippen molar-refractivity contribution in [3.05, 3.63) is 100.0 Å². The highest BCUT2D eigenvalue weighted by molar-refractivity contribution is 5.96. The second kappa shape index (κ2) is 10.1. The molecule has 4 nitrogen and oxygen atoms in total. The Morgan fingerprint density at radius 2 is 1.70 bits per heavy atom. The summed E-state index contributed by atoms with van der Waals surface area (Å²) in [7, 11) is 3.93. The van der Waals surface area contributed by atoms with E-state index in [4.69, 9.17) is 9.15 Å². The molecule has 1 aliphatic carbocycles. The molecule has 0 N–H and O–H groups in total. The minimum atomic E-state index is -0.294. The average molecular weight is 539 g/mol. The van der Waals surface area contributed by atoms with Gasteiger partial charge in [-0.05, 0) is 92.6 Å². The first-order valence-corrected chi connectivity index (χ1v) is 13.6. The van der Waals surface area contributed by atoms with Gasteiger partial charge in [0, 0.05) is 66.1 Å². The van der Waals surface area contributed by atoms with Gasteiger partial charge in [-0.25, -0.2) is 13.8 Å². The first-order chi connectivity index (χ1) is 19.2. The molecular formula is C34H32F2N2O2. The van der Waals surface area contributed by atoms with Crippen LogP contribution in [-0.4, -0.2) is 19.1 Å². The van der Waals surface area contributed by atoms with Crippen LogP contribution in [-0.2, 0) is 6.42 Å². The van der Waals surface area contributed by atoms with Crippen LogP contribution in [0.15, 0.2) is 70.6 Å². The van der Waals surface area contributed by atoms with Gasteiger partial charge < -0.3 is 14.1 Å². The average Bonchev–Trinajstić information content (AvgIpc) is 3.17. The SMILES string of the molecule is CC1=C(c2cc(-c3cc4c(C)c(C5=CC=C(F)CC5)oc4cc3N(C)C)cc(F)c2C)Oc2ncccc2CC1. The van der Waals surface area contributed by atoms with Crippen molar-refractivity contribution in [2.45, 2.75) is 46.5 Å². The van der Waals surface area contributed by atoms with E-state index in [1.165, 1.54) is 6.08 Å². The summed E-state index contributed by atoms with van der Waals surface area (Å²) in [5, 5.41) is 0.952. The summed E-state index contributed by atoms with van der Waals surface area (Å²) in [4.78, 5) is 6.46. The standard InChI is InChI=1S/C34H32F2N2O2/c1-19-8-9-23-7-6-14-37-34(23)40-32(19)27-15-24(16-29(36)20(27)2)28-17-26-21(3)33(22-10-12-25(35)13-11-22)39-31(26)18-30(28)38(4)5/h6-7,10,12,14-18H,8-9,11,13H2,1-5H3. The summed E-state index contributed by atoms with van der Waals surface area (Å²) in [6, 6.07) is 11.6. The number of hydrogen-bond donors (Lipinski definition) is 0. The van der Waals surface area contributed by atoms with E-state index >= 15 is 4.39 Å². The number of rotatable bonds is 4. The van der Waals surface area contributed by atoms with Crippen LogP contribution in [0.1, 0.15) is 54.2 Å². The van der Waals surface area contributed by atoms with Gasteiger partial charge in [-0.3, -0.25) is 0 Å². The lowest BCUT2D eigenvalue weighted by Gasteiger charge is -2.20. The Bertz CT molecular complexity index is 1760. The number of furan rings is 1. The van der Waals surface area contributed by atoms with Gasteiger partial charge in [-0.15, -0.1) is 0 Å². The van der Waals surface area contributed by atoms with E-state index in [1.54, 1.807) is 25.3 Å². The minimum Gasteiger partial charge on any atom is -0.456 e. The Morgan fingerprint density at radius 1 is 0.875 bits per heavy atom. The predicted molar refractivity (Wildman–Crippen MR) is 158 cm³/mol. The molecule has 4 aromatic rings. The van der Waals surface area contributed by atoms with Crippen molar-refractivity contribution in [1.29, 1.82) is 0 Å². The highest BCUT2D eigenvalue weighted by atomic mass is 19.1. The van der Waals surface area contributed by atoms with Crippen LogP contribution >= 0.6 is 0 Å². The molecule has 0 bridgehead atoms. The molecule has 2 aromatic carbocycles. The summed E-state index contributed by atoms with van der Waals surface area (Å²) in [6.45, 7) is 5.86. The number of ether oxygens (including phenoxy) is 1. The quantitative estimate of drug-likeness (QED) is 0.260. The molecule has 6 heteroatoms. The van der Waals surface area contributed by atoms with Crippen molar-refractivity contribution in [3.63, 3.8) is 0 Å². The monoisotopic (exact) mass is 538 g/mol. The summed E-state index contributed by atoms with van der Waals surface area (Å²) >= 11 is 0. The van der Waals surface area contributed by atoms with E-state index in [2.05, 4.69) is 11.1 Å². The van der Waals surface area contributed by atoms with Gasteiger partial charge in [0.15, 0.2) is 0 Å². The number of aryl methyl sites for hydroxylation is 2. The summed E-state index contributed by atoms with van der Waals surface area (Å²) in [5.41, 5.74) is 8.63. The molecule has 2 aromatic heterocycles. The zero-order valence-corrected chi connectivity index (χ0v) is 23.5. The molecule has 0 spiro atoms. The van der Waals surface area contributed by atoms with E-state index in [-0.39, 0.29) is 11.6 Å². The van der Waals surface area contributed by atoms with Gasteiger partial charge in [0.25, 0.3) is 0 Å². The lowest BCUT2D eigenvalue weighted by Crippen LogP contribution is -2.10. The number of aromatic nitrogens is 1. The Labute approximate surface area is 233 Å². The number of pyridine rings is 1. The minimum absolute atomic E-state index is 0.117. The van der Waals surface area contributed by atoms with Crippen molar-refractivity contribution in [2.24, 2.45) is 0 Å². The van der Waals surface area contributed by atoms with Gasteiger partial charge >= 0.3 is 0 Å². The molecule has 0 unspecified atom stereocenters. The Morgan fingerprint density at radius 3 is 2.45 bits per heavy atom. The van der Waals surface area contributed by atoms with Crippen molar-refractivity contribution >= 4 is 28.0 Å². The molecule has 0 saturated heterocycles. The van der Waals surface area contributed by atoms with Crippen LogP contribution in [0.25, 0.3) is 33.4 Å². The molecule has 3 heterocycles. The maximum absolute atomic E-state index is 15.6. The second-order valence-corrected chi connectivity index (χ2v) is 10.9. The number of anilines is 1. The smallest absolute Gasteiger partial charge is 0.222 e. The fourth-order valence-electron chi connectivity index (χ4n) is 5.64. The van der Waals surface area contributed by atoms with Crippen molar-refractivity contribution in [3.8, 4) is 17.0 Å². The number of allylic oxidation sites excluding steroid dienone is 5. The van der Waals surface area contributed by atoms with Crippen molar-refractivity contribution < 1.29 is 17.9 Å². The lowest BCUT2D eigenvalue weighted by atomic mass is 9.93. The molecule has 0 amide bonds. The molecule has 0 fully saturated rings. The van der Waals surface area contributed by atoms with Crippen LogP contribution in [0.5, 0.6) is 5.88 Å². The first-order valence-electron chi connectivity index (χ1n) is 13.6. The maximum Gasteiger partial charge on any atom is 0.222 e. The number of hydrogen-bond acceptors (Lipinski definition) is 4. The van der Waals surface area contributed by atoms with Crippen LogP contribution < -0.4 is 9.64 Å².